The van der Waals surface area contributed by atoms with Gasteiger partial charge in [-0.25, -0.2) is 0 Å². The van der Waals surface area contributed by atoms with Gasteiger partial charge in [0.25, 0.3) is 0 Å². The van der Waals surface area contributed by atoms with Gasteiger partial charge in [0, 0.05) is 5.56 Å². The molecule has 1 atom stereocenters. The summed E-state index contributed by atoms with van der Waals surface area (Å²) < 4.78 is 0. The Morgan fingerprint density at radius 1 is 1.29 bits per heavy atom. The third-order valence-electron chi connectivity index (χ3n) is 2.40. The molecule has 0 bridgehead atoms. The summed E-state index contributed by atoms with van der Waals surface area (Å²) in [5.41, 5.74) is -0.112. The number of unbranched alkanes of at least 4 members (excludes halogenated alkanes) is 2. The molecule has 1 unspecified atom stereocenters. The van der Waals surface area contributed by atoms with Gasteiger partial charge in [-0.05, 0) is 31.6 Å². The van der Waals surface area contributed by atoms with E-state index in [4.69, 9.17) is 0 Å². The molecule has 1 rings (SSSR count). The number of hydrogen-bond acceptors (Lipinski definition) is 1. The van der Waals surface area contributed by atoms with E-state index in [0.717, 1.165) is 18.4 Å². The molecule has 90 valence electrons. The van der Waals surface area contributed by atoms with Crippen LogP contribution in [0, 0.1) is 11.8 Å². The summed E-state index contributed by atoms with van der Waals surface area (Å²) in [5, 5.41) is 10.0. The number of benzene rings is 1. The highest BCUT2D eigenvalue weighted by Crippen LogP contribution is 2.06. The molecule has 1 aromatic carbocycles. The first-order valence-electron chi connectivity index (χ1n) is 6.12. The van der Waals surface area contributed by atoms with Crippen molar-refractivity contribution < 1.29 is 5.11 Å². The summed E-state index contributed by atoms with van der Waals surface area (Å²) in [7, 11) is 0. The lowest BCUT2D eigenvalue weighted by atomic mass is 10.1. The lowest BCUT2D eigenvalue weighted by molar-refractivity contribution is 0.174. The van der Waals surface area contributed by atoms with E-state index < -0.39 is 5.60 Å². The Morgan fingerprint density at radius 3 is 2.65 bits per heavy atom. The minimum atomic E-state index is -1.04. The standard InChI is InChI=1S/C16H20O/c1-3-4-5-9-13-16(2,17)14-12-15-10-7-6-8-11-15/h6-11,13,17H,3-5H2,1-2H3/b13-9+. The molecule has 0 aliphatic heterocycles. The molecule has 1 N–H and O–H groups in total. The average Bonchev–Trinajstić information content (AvgIpc) is 2.34. The largest absolute Gasteiger partial charge is 0.374 e. The normalized spacial score (nSPS) is 14.1. The second-order valence-corrected chi connectivity index (χ2v) is 4.31. The highest BCUT2D eigenvalue weighted by molar-refractivity contribution is 5.37. The summed E-state index contributed by atoms with van der Waals surface area (Å²) in [5.74, 6) is 5.85. The summed E-state index contributed by atoms with van der Waals surface area (Å²) in [6.07, 6.45) is 7.10. The highest BCUT2D eigenvalue weighted by atomic mass is 16.3. The predicted molar refractivity (Wildman–Crippen MR) is 72.6 cm³/mol. The van der Waals surface area contributed by atoms with Crippen LogP contribution in [0.1, 0.15) is 38.7 Å². The van der Waals surface area contributed by atoms with Crippen molar-refractivity contribution in [3.63, 3.8) is 0 Å². The maximum Gasteiger partial charge on any atom is 0.141 e. The summed E-state index contributed by atoms with van der Waals surface area (Å²) in [6.45, 7) is 3.87. The molecule has 0 saturated heterocycles. The fourth-order valence-electron chi connectivity index (χ4n) is 1.40. The maximum atomic E-state index is 10.0. The van der Waals surface area contributed by atoms with E-state index in [-0.39, 0.29) is 0 Å². The van der Waals surface area contributed by atoms with Gasteiger partial charge in [0.05, 0.1) is 0 Å². The van der Waals surface area contributed by atoms with Gasteiger partial charge in [0.2, 0.25) is 0 Å². The molecule has 0 saturated carbocycles. The minimum Gasteiger partial charge on any atom is -0.374 e. The van der Waals surface area contributed by atoms with Crippen molar-refractivity contribution >= 4 is 0 Å². The van der Waals surface area contributed by atoms with E-state index in [9.17, 15) is 5.11 Å². The van der Waals surface area contributed by atoms with Crippen LogP contribution in [0.5, 0.6) is 0 Å². The predicted octanol–water partition coefficient (Wildman–Crippen LogP) is 3.54. The molecule has 0 spiro atoms. The van der Waals surface area contributed by atoms with Crippen molar-refractivity contribution in [1.29, 1.82) is 0 Å². The quantitative estimate of drug-likeness (QED) is 0.475. The van der Waals surface area contributed by atoms with Gasteiger partial charge in [-0.2, -0.15) is 0 Å². The smallest absolute Gasteiger partial charge is 0.141 e. The first kappa shape index (κ1) is 13.5. The van der Waals surface area contributed by atoms with Crippen molar-refractivity contribution in [2.24, 2.45) is 0 Å². The zero-order valence-corrected chi connectivity index (χ0v) is 10.6. The zero-order chi connectivity index (χ0) is 12.6. The minimum absolute atomic E-state index is 0.926. The van der Waals surface area contributed by atoms with Crippen LogP contribution in [0.4, 0.5) is 0 Å². The van der Waals surface area contributed by atoms with Crippen molar-refractivity contribution in [1.82, 2.24) is 0 Å². The monoisotopic (exact) mass is 228 g/mol. The number of rotatable bonds is 4. The Balaban J connectivity index is 2.60. The number of aliphatic hydroxyl groups is 1. The van der Waals surface area contributed by atoms with Crippen LogP contribution in [0.25, 0.3) is 0 Å². The first-order valence-corrected chi connectivity index (χ1v) is 6.12. The Hall–Kier alpha value is -1.52. The van der Waals surface area contributed by atoms with Crippen molar-refractivity contribution in [3.05, 3.63) is 48.0 Å². The lowest BCUT2D eigenvalue weighted by Gasteiger charge is -2.09. The van der Waals surface area contributed by atoms with Gasteiger partial charge in [0.15, 0.2) is 0 Å². The van der Waals surface area contributed by atoms with E-state index in [2.05, 4.69) is 18.8 Å². The molecule has 0 heterocycles. The van der Waals surface area contributed by atoms with Gasteiger partial charge in [0.1, 0.15) is 5.60 Å². The van der Waals surface area contributed by atoms with Crippen molar-refractivity contribution in [2.75, 3.05) is 0 Å². The molecule has 0 aromatic heterocycles. The molecule has 0 amide bonds. The van der Waals surface area contributed by atoms with E-state index in [0.29, 0.717) is 0 Å². The van der Waals surface area contributed by atoms with Gasteiger partial charge in [-0.3, -0.25) is 0 Å². The fraction of sp³-hybridized carbons (Fsp3) is 0.375. The first-order chi connectivity index (χ1) is 8.14. The third kappa shape index (κ3) is 5.94. The molecule has 0 radical (unpaired) electrons. The average molecular weight is 228 g/mol. The van der Waals surface area contributed by atoms with Gasteiger partial charge >= 0.3 is 0 Å². The van der Waals surface area contributed by atoms with Gasteiger partial charge in [-0.15, -0.1) is 0 Å². The van der Waals surface area contributed by atoms with Gasteiger partial charge in [-0.1, -0.05) is 55.9 Å². The molecular weight excluding hydrogens is 208 g/mol. The van der Waals surface area contributed by atoms with Crippen LogP contribution in [0.3, 0.4) is 0 Å². The zero-order valence-electron chi connectivity index (χ0n) is 10.6. The molecule has 0 aliphatic carbocycles. The topological polar surface area (TPSA) is 20.2 Å². The van der Waals surface area contributed by atoms with Gasteiger partial charge < -0.3 is 5.11 Å². The van der Waals surface area contributed by atoms with E-state index in [1.54, 1.807) is 13.0 Å². The molecule has 0 aliphatic rings. The lowest BCUT2D eigenvalue weighted by Crippen LogP contribution is -2.17. The Kier molecular flexibility index (Phi) is 5.52. The highest BCUT2D eigenvalue weighted by Gasteiger charge is 2.10. The number of allylic oxidation sites excluding steroid dienone is 1. The molecule has 1 heteroatoms. The van der Waals surface area contributed by atoms with Crippen LogP contribution >= 0.6 is 0 Å². The molecule has 0 fully saturated rings. The van der Waals surface area contributed by atoms with Crippen molar-refractivity contribution in [3.8, 4) is 11.8 Å². The Labute approximate surface area is 104 Å². The fourth-order valence-corrected chi connectivity index (χ4v) is 1.40. The summed E-state index contributed by atoms with van der Waals surface area (Å²) in [6, 6.07) is 9.70. The third-order valence-corrected chi connectivity index (χ3v) is 2.40. The summed E-state index contributed by atoms with van der Waals surface area (Å²) >= 11 is 0. The second kappa shape index (κ2) is 6.93. The molecular formula is C16H20O. The molecule has 1 aromatic rings. The second-order valence-electron chi connectivity index (χ2n) is 4.31. The van der Waals surface area contributed by atoms with Crippen LogP contribution < -0.4 is 0 Å². The van der Waals surface area contributed by atoms with E-state index in [1.807, 2.05) is 36.4 Å². The summed E-state index contributed by atoms with van der Waals surface area (Å²) in [4.78, 5) is 0. The van der Waals surface area contributed by atoms with E-state index in [1.165, 1.54) is 6.42 Å². The molecule has 17 heavy (non-hydrogen) atoms. The Morgan fingerprint density at radius 2 is 2.00 bits per heavy atom. The maximum absolute atomic E-state index is 10.0. The van der Waals surface area contributed by atoms with Crippen LogP contribution in [-0.2, 0) is 0 Å². The van der Waals surface area contributed by atoms with Crippen LogP contribution in [0.2, 0.25) is 0 Å². The van der Waals surface area contributed by atoms with E-state index >= 15 is 0 Å². The Bertz CT molecular complexity index is 404. The van der Waals surface area contributed by atoms with Crippen LogP contribution in [-0.4, -0.2) is 10.7 Å². The molecule has 1 nitrogen and oxygen atoms in total. The SMILES string of the molecule is CCCC/C=C/C(C)(O)C#Cc1ccccc1. The van der Waals surface area contributed by atoms with Crippen molar-refractivity contribution in [2.45, 2.75) is 38.7 Å². The van der Waals surface area contributed by atoms with Crippen LogP contribution in [0.15, 0.2) is 42.5 Å². The number of hydrogen-bond donors (Lipinski definition) is 1.